The van der Waals surface area contributed by atoms with E-state index in [0.717, 1.165) is 20.8 Å². The zero-order chi connectivity index (χ0) is 11.8. The summed E-state index contributed by atoms with van der Waals surface area (Å²) in [6.45, 7) is 0. The minimum atomic E-state index is -0.213. The van der Waals surface area contributed by atoms with Crippen LogP contribution in [0.15, 0.2) is 42.5 Å². The summed E-state index contributed by atoms with van der Waals surface area (Å²) >= 11 is 3.79. The van der Waals surface area contributed by atoms with Crippen LogP contribution in [-0.2, 0) is 0 Å². The molecule has 0 aliphatic rings. The van der Waals surface area contributed by atoms with Crippen molar-refractivity contribution in [3.63, 3.8) is 0 Å². The van der Waals surface area contributed by atoms with Crippen LogP contribution in [-0.4, -0.2) is 4.98 Å². The highest BCUT2D eigenvalue weighted by molar-refractivity contribution is 14.1. The van der Waals surface area contributed by atoms with Crippen molar-refractivity contribution in [2.45, 2.75) is 0 Å². The van der Waals surface area contributed by atoms with E-state index in [1.165, 1.54) is 27.0 Å². The zero-order valence-electron chi connectivity index (χ0n) is 8.65. The van der Waals surface area contributed by atoms with E-state index in [9.17, 15) is 4.39 Å². The Kier molecular flexibility index (Phi) is 2.84. The smallest absolute Gasteiger partial charge is 0.124 e. The molecule has 1 heterocycles. The largest absolute Gasteiger partial charge is 0.236 e. The molecule has 1 aromatic heterocycles. The van der Waals surface area contributed by atoms with Gasteiger partial charge in [0, 0.05) is 9.13 Å². The molecule has 0 aliphatic carbocycles. The third-order valence-electron chi connectivity index (χ3n) is 2.42. The van der Waals surface area contributed by atoms with Crippen molar-refractivity contribution in [3.8, 4) is 10.6 Å². The van der Waals surface area contributed by atoms with Gasteiger partial charge in [0.15, 0.2) is 0 Å². The van der Waals surface area contributed by atoms with Gasteiger partial charge in [-0.25, -0.2) is 9.37 Å². The van der Waals surface area contributed by atoms with Crippen LogP contribution in [0.3, 0.4) is 0 Å². The molecular weight excluding hydrogens is 348 g/mol. The molecule has 0 saturated carbocycles. The van der Waals surface area contributed by atoms with Gasteiger partial charge >= 0.3 is 0 Å². The van der Waals surface area contributed by atoms with Crippen molar-refractivity contribution in [3.05, 3.63) is 51.9 Å². The molecule has 3 rings (SSSR count). The number of benzene rings is 2. The van der Waals surface area contributed by atoms with Crippen LogP contribution < -0.4 is 0 Å². The van der Waals surface area contributed by atoms with E-state index >= 15 is 0 Å². The number of fused-ring (bicyclic) bond motifs is 1. The van der Waals surface area contributed by atoms with Gasteiger partial charge in [0.1, 0.15) is 10.8 Å². The van der Waals surface area contributed by atoms with E-state index in [4.69, 9.17) is 0 Å². The van der Waals surface area contributed by atoms with E-state index < -0.39 is 0 Å². The van der Waals surface area contributed by atoms with E-state index in [2.05, 4.69) is 33.6 Å². The fourth-order valence-electron chi connectivity index (χ4n) is 1.64. The SMILES string of the molecule is Fc1ccc2nc(-c3cccc(I)c3)sc2c1. The average Bonchev–Trinajstić information content (AvgIpc) is 2.72. The maximum Gasteiger partial charge on any atom is 0.124 e. The molecule has 0 radical (unpaired) electrons. The molecule has 0 N–H and O–H groups in total. The molecule has 0 bridgehead atoms. The van der Waals surface area contributed by atoms with Crippen LogP contribution in [0, 0.1) is 9.39 Å². The third kappa shape index (κ3) is 2.19. The maximum atomic E-state index is 13.1. The van der Waals surface area contributed by atoms with Crippen LogP contribution in [0.25, 0.3) is 20.8 Å². The molecule has 0 saturated heterocycles. The Bertz CT molecular complexity index is 693. The molecule has 84 valence electrons. The maximum absolute atomic E-state index is 13.1. The molecule has 0 spiro atoms. The van der Waals surface area contributed by atoms with Gasteiger partial charge in [0.2, 0.25) is 0 Å². The lowest BCUT2D eigenvalue weighted by atomic mass is 10.2. The van der Waals surface area contributed by atoms with Crippen molar-refractivity contribution in [1.82, 2.24) is 4.98 Å². The van der Waals surface area contributed by atoms with Gasteiger partial charge in [-0.15, -0.1) is 11.3 Å². The number of rotatable bonds is 1. The second-order valence-electron chi connectivity index (χ2n) is 3.64. The predicted molar refractivity (Wildman–Crippen MR) is 77.7 cm³/mol. The predicted octanol–water partition coefficient (Wildman–Crippen LogP) is 4.71. The number of hydrogen-bond acceptors (Lipinski definition) is 2. The second kappa shape index (κ2) is 4.34. The van der Waals surface area contributed by atoms with Crippen molar-refractivity contribution in [2.75, 3.05) is 0 Å². The van der Waals surface area contributed by atoms with Crippen LogP contribution in [0.5, 0.6) is 0 Å². The zero-order valence-corrected chi connectivity index (χ0v) is 11.6. The number of halogens is 2. The summed E-state index contributed by atoms with van der Waals surface area (Å²) in [6, 6.07) is 12.8. The average molecular weight is 355 g/mol. The molecule has 0 atom stereocenters. The molecular formula is C13H7FINS. The summed E-state index contributed by atoms with van der Waals surface area (Å²) in [5.74, 6) is -0.213. The monoisotopic (exact) mass is 355 g/mol. The molecule has 0 aliphatic heterocycles. The van der Waals surface area contributed by atoms with Crippen molar-refractivity contribution in [1.29, 1.82) is 0 Å². The van der Waals surface area contributed by atoms with Gasteiger partial charge in [0.25, 0.3) is 0 Å². The topological polar surface area (TPSA) is 12.9 Å². The minimum absolute atomic E-state index is 0.213. The molecule has 0 unspecified atom stereocenters. The standard InChI is InChI=1S/C13H7FINS/c14-9-4-5-11-12(7-9)17-13(16-11)8-2-1-3-10(15)6-8/h1-7H. The molecule has 2 aromatic carbocycles. The Morgan fingerprint density at radius 1 is 1.12 bits per heavy atom. The first-order valence-corrected chi connectivity index (χ1v) is 6.94. The highest BCUT2D eigenvalue weighted by Crippen LogP contribution is 2.31. The van der Waals surface area contributed by atoms with Gasteiger partial charge in [-0.2, -0.15) is 0 Å². The molecule has 4 heteroatoms. The Labute approximate surface area is 115 Å². The van der Waals surface area contributed by atoms with Crippen LogP contribution in [0.4, 0.5) is 4.39 Å². The highest BCUT2D eigenvalue weighted by Gasteiger charge is 2.07. The second-order valence-corrected chi connectivity index (χ2v) is 5.92. The first-order valence-electron chi connectivity index (χ1n) is 5.04. The van der Waals surface area contributed by atoms with Crippen molar-refractivity contribution in [2.24, 2.45) is 0 Å². The third-order valence-corrected chi connectivity index (χ3v) is 4.16. The first kappa shape index (κ1) is 11.1. The lowest BCUT2D eigenvalue weighted by Gasteiger charge is -1.95. The molecule has 3 aromatic rings. The number of nitrogens with zero attached hydrogens (tertiary/aromatic N) is 1. The van der Waals surface area contributed by atoms with Crippen LogP contribution >= 0.6 is 33.9 Å². The van der Waals surface area contributed by atoms with Gasteiger partial charge in [-0.1, -0.05) is 12.1 Å². The summed E-state index contributed by atoms with van der Waals surface area (Å²) in [7, 11) is 0. The summed E-state index contributed by atoms with van der Waals surface area (Å²) in [4.78, 5) is 4.51. The van der Waals surface area contributed by atoms with Gasteiger partial charge in [0.05, 0.1) is 10.2 Å². The molecule has 0 amide bonds. The Balaban J connectivity index is 2.18. The number of aromatic nitrogens is 1. The lowest BCUT2D eigenvalue weighted by Crippen LogP contribution is -1.77. The first-order chi connectivity index (χ1) is 8.22. The number of thiazole rings is 1. The summed E-state index contributed by atoms with van der Waals surface area (Å²) in [5.41, 5.74) is 1.93. The van der Waals surface area contributed by atoms with Gasteiger partial charge in [-0.3, -0.25) is 0 Å². The van der Waals surface area contributed by atoms with E-state index in [0.29, 0.717) is 0 Å². The Hall–Kier alpha value is -1.01. The summed E-state index contributed by atoms with van der Waals surface area (Å²) in [5, 5.41) is 0.934. The normalized spacial score (nSPS) is 10.9. The highest BCUT2D eigenvalue weighted by atomic mass is 127. The van der Waals surface area contributed by atoms with Crippen molar-refractivity contribution >= 4 is 44.1 Å². The van der Waals surface area contributed by atoms with E-state index in [-0.39, 0.29) is 5.82 Å². The number of hydrogen-bond donors (Lipinski definition) is 0. The quantitative estimate of drug-likeness (QED) is 0.577. The fourth-order valence-corrected chi connectivity index (χ4v) is 3.17. The van der Waals surface area contributed by atoms with E-state index in [1.807, 2.05) is 18.2 Å². The molecule has 17 heavy (non-hydrogen) atoms. The minimum Gasteiger partial charge on any atom is -0.236 e. The Morgan fingerprint density at radius 2 is 2.00 bits per heavy atom. The fraction of sp³-hybridized carbons (Fsp3) is 0. The summed E-state index contributed by atoms with van der Waals surface area (Å²) in [6.07, 6.45) is 0. The molecule has 0 fully saturated rings. The van der Waals surface area contributed by atoms with Crippen molar-refractivity contribution < 1.29 is 4.39 Å². The van der Waals surface area contributed by atoms with E-state index in [1.54, 1.807) is 6.07 Å². The summed E-state index contributed by atoms with van der Waals surface area (Å²) < 4.78 is 15.1. The van der Waals surface area contributed by atoms with Gasteiger partial charge < -0.3 is 0 Å². The molecule has 1 nitrogen and oxygen atoms in total. The van der Waals surface area contributed by atoms with Crippen LogP contribution in [0.1, 0.15) is 0 Å². The van der Waals surface area contributed by atoms with Gasteiger partial charge in [-0.05, 0) is 52.9 Å². The Morgan fingerprint density at radius 3 is 2.82 bits per heavy atom. The van der Waals surface area contributed by atoms with Crippen LogP contribution in [0.2, 0.25) is 0 Å². The lowest BCUT2D eigenvalue weighted by molar-refractivity contribution is 0.630.